The first-order valence-corrected chi connectivity index (χ1v) is 8.16. The molecule has 1 rings (SSSR count). The lowest BCUT2D eigenvalue weighted by Gasteiger charge is -2.30. The highest BCUT2D eigenvalue weighted by molar-refractivity contribution is 7.09. The molecule has 1 amide bonds. The number of nitrogens with one attached hydrogen (secondary N) is 1. The first kappa shape index (κ1) is 17.1. The molecule has 0 spiro atoms. The van der Waals surface area contributed by atoms with Gasteiger partial charge in [-0.15, -0.1) is 11.3 Å². The molecular weight excluding hydrogens is 270 g/mol. The van der Waals surface area contributed by atoms with Gasteiger partial charge in [-0.25, -0.2) is 4.98 Å². The van der Waals surface area contributed by atoms with Crippen molar-refractivity contribution in [1.29, 1.82) is 0 Å². The monoisotopic (exact) mass is 297 g/mol. The maximum Gasteiger partial charge on any atom is 0.220 e. The Morgan fingerprint density at radius 2 is 2.20 bits per heavy atom. The van der Waals surface area contributed by atoms with Crippen molar-refractivity contribution in [1.82, 2.24) is 10.3 Å². The van der Waals surface area contributed by atoms with Gasteiger partial charge in [0, 0.05) is 31.0 Å². The number of carbonyl (C=O) groups excluding carboxylic acids is 1. The molecule has 0 bridgehead atoms. The van der Waals surface area contributed by atoms with E-state index >= 15 is 0 Å². The first-order valence-electron chi connectivity index (χ1n) is 7.28. The van der Waals surface area contributed by atoms with E-state index in [4.69, 9.17) is 5.73 Å². The Kier molecular flexibility index (Phi) is 7.16. The normalized spacial score (nSPS) is 13.2. The summed E-state index contributed by atoms with van der Waals surface area (Å²) in [5.74, 6) is 0.630. The number of amides is 1. The Morgan fingerprint density at radius 3 is 2.75 bits per heavy atom. The predicted molar refractivity (Wildman–Crippen MR) is 84.7 cm³/mol. The minimum absolute atomic E-state index is 0.132. The molecule has 1 atom stereocenters. The van der Waals surface area contributed by atoms with Crippen LogP contribution in [0.25, 0.3) is 0 Å². The lowest BCUT2D eigenvalue weighted by Crippen LogP contribution is -2.29. The zero-order chi connectivity index (χ0) is 15.0. The van der Waals surface area contributed by atoms with Crippen molar-refractivity contribution in [2.45, 2.75) is 46.5 Å². The number of carbonyl (C=O) groups is 1. The average Bonchev–Trinajstić information content (AvgIpc) is 2.86. The van der Waals surface area contributed by atoms with Crippen LogP contribution < -0.4 is 11.1 Å². The van der Waals surface area contributed by atoms with E-state index < -0.39 is 0 Å². The van der Waals surface area contributed by atoms with Crippen LogP contribution in [0.5, 0.6) is 0 Å². The minimum atomic E-state index is 0.132. The lowest BCUT2D eigenvalue weighted by atomic mass is 9.76. The van der Waals surface area contributed by atoms with E-state index in [1.807, 2.05) is 5.38 Å². The summed E-state index contributed by atoms with van der Waals surface area (Å²) in [6, 6.07) is 0. The fourth-order valence-corrected chi connectivity index (χ4v) is 2.91. The largest absolute Gasteiger partial charge is 0.356 e. The molecule has 0 fully saturated rings. The number of hydrogen-bond acceptors (Lipinski definition) is 4. The van der Waals surface area contributed by atoms with E-state index in [-0.39, 0.29) is 11.3 Å². The Bertz CT molecular complexity index is 384. The van der Waals surface area contributed by atoms with Gasteiger partial charge in [0.25, 0.3) is 0 Å². The molecule has 1 aromatic heterocycles. The molecule has 1 aromatic rings. The van der Waals surface area contributed by atoms with Crippen LogP contribution in [0.1, 0.15) is 45.0 Å². The molecule has 0 saturated heterocycles. The van der Waals surface area contributed by atoms with Crippen molar-refractivity contribution < 1.29 is 4.79 Å². The van der Waals surface area contributed by atoms with Gasteiger partial charge in [-0.05, 0) is 30.7 Å². The van der Waals surface area contributed by atoms with E-state index in [0.29, 0.717) is 25.4 Å². The van der Waals surface area contributed by atoms with Gasteiger partial charge in [-0.2, -0.15) is 0 Å². The molecule has 0 aliphatic rings. The standard InChI is InChI=1S/C15H27N3OS/c1-15(2,3)12(6-8-16)4-5-13(19)17-9-7-14-18-10-11-20-14/h10-12H,4-9,16H2,1-3H3,(H,17,19). The maximum absolute atomic E-state index is 11.8. The topological polar surface area (TPSA) is 68.0 Å². The van der Waals surface area contributed by atoms with Crippen molar-refractivity contribution in [3.8, 4) is 0 Å². The van der Waals surface area contributed by atoms with Crippen molar-refractivity contribution >= 4 is 17.2 Å². The number of nitrogens with zero attached hydrogens (tertiary/aromatic N) is 1. The highest BCUT2D eigenvalue weighted by atomic mass is 32.1. The van der Waals surface area contributed by atoms with Gasteiger partial charge in [-0.3, -0.25) is 4.79 Å². The van der Waals surface area contributed by atoms with Crippen molar-refractivity contribution in [3.05, 3.63) is 16.6 Å². The van der Waals surface area contributed by atoms with Crippen LogP contribution >= 0.6 is 11.3 Å². The van der Waals surface area contributed by atoms with Crippen LogP contribution in [0.4, 0.5) is 0 Å². The molecule has 20 heavy (non-hydrogen) atoms. The minimum Gasteiger partial charge on any atom is -0.356 e. The van der Waals surface area contributed by atoms with E-state index in [1.54, 1.807) is 17.5 Å². The number of aromatic nitrogens is 1. The Morgan fingerprint density at radius 1 is 1.45 bits per heavy atom. The summed E-state index contributed by atoms with van der Waals surface area (Å²) in [5, 5.41) is 5.99. The highest BCUT2D eigenvalue weighted by Gasteiger charge is 2.24. The second-order valence-electron chi connectivity index (χ2n) is 6.20. The number of hydrogen-bond donors (Lipinski definition) is 2. The summed E-state index contributed by atoms with van der Waals surface area (Å²) in [7, 11) is 0. The third-order valence-corrected chi connectivity index (χ3v) is 4.44. The lowest BCUT2D eigenvalue weighted by molar-refractivity contribution is -0.121. The third kappa shape index (κ3) is 6.48. The summed E-state index contributed by atoms with van der Waals surface area (Å²) in [6.07, 6.45) is 5.08. The molecule has 114 valence electrons. The van der Waals surface area contributed by atoms with Gasteiger partial charge >= 0.3 is 0 Å². The Balaban J connectivity index is 2.24. The fourth-order valence-electron chi connectivity index (χ4n) is 2.29. The molecule has 5 heteroatoms. The number of thiazole rings is 1. The maximum atomic E-state index is 11.8. The van der Waals surface area contributed by atoms with Gasteiger partial charge in [0.05, 0.1) is 5.01 Å². The van der Waals surface area contributed by atoms with Crippen molar-refractivity contribution in [2.24, 2.45) is 17.1 Å². The summed E-state index contributed by atoms with van der Waals surface area (Å²) in [6.45, 7) is 8.01. The molecule has 1 unspecified atom stereocenters. The zero-order valence-electron chi connectivity index (χ0n) is 12.8. The molecule has 0 aliphatic heterocycles. The second-order valence-corrected chi connectivity index (χ2v) is 7.18. The van der Waals surface area contributed by atoms with Gasteiger partial charge in [0.2, 0.25) is 5.91 Å². The molecule has 0 radical (unpaired) electrons. The summed E-state index contributed by atoms with van der Waals surface area (Å²) in [4.78, 5) is 16.0. The van der Waals surface area contributed by atoms with Gasteiger partial charge < -0.3 is 11.1 Å². The molecular formula is C15H27N3OS. The van der Waals surface area contributed by atoms with Crippen LogP contribution in [0.3, 0.4) is 0 Å². The van der Waals surface area contributed by atoms with Crippen LogP contribution in [-0.2, 0) is 11.2 Å². The zero-order valence-corrected chi connectivity index (χ0v) is 13.6. The quantitative estimate of drug-likeness (QED) is 0.775. The van der Waals surface area contributed by atoms with E-state index in [0.717, 1.165) is 24.3 Å². The van der Waals surface area contributed by atoms with Crippen molar-refractivity contribution in [2.75, 3.05) is 13.1 Å². The smallest absolute Gasteiger partial charge is 0.220 e. The molecule has 0 aliphatic carbocycles. The van der Waals surface area contributed by atoms with Crippen LogP contribution in [0, 0.1) is 11.3 Å². The van der Waals surface area contributed by atoms with Crippen molar-refractivity contribution in [3.63, 3.8) is 0 Å². The molecule has 0 aromatic carbocycles. The fraction of sp³-hybridized carbons (Fsp3) is 0.733. The van der Waals surface area contributed by atoms with E-state index in [9.17, 15) is 4.79 Å². The van der Waals surface area contributed by atoms with Gasteiger partial charge in [0.15, 0.2) is 0 Å². The number of nitrogens with two attached hydrogens (primary N) is 1. The summed E-state index contributed by atoms with van der Waals surface area (Å²) in [5.41, 5.74) is 5.87. The second kappa shape index (κ2) is 8.37. The van der Waals surface area contributed by atoms with Crippen LogP contribution in [0.15, 0.2) is 11.6 Å². The summed E-state index contributed by atoms with van der Waals surface area (Å²) < 4.78 is 0. The van der Waals surface area contributed by atoms with E-state index in [1.165, 1.54) is 0 Å². The molecule has 3 N–H and O–H groups in total. The SMILES string of the molecule is CC(C)(C)C(CCN)CCC(=O)NCCc1nccs1. The molecule has 4 nitrogen and oxygen atoms in total. The Labute approximate surface area is 126 Å². The van der Waals surface area contributed by atoms with E-state index in [2.05, 4.69) is 31.1 Å². The number of rotatable bonds is 8. The predicted octanol–water partition coefficient (Wildman–Crippen LogP) is 2.59. The van der Waals surface area contributed by atoms with Gasteiger partial charge in [-0.1, -0.05) is 20.8 Å². The third-order valence-electron chi connectivity index (χ3n) is 3.60. The van der Waals surface area contributed by atoms with Gasteiger partial charge in [0.1, 0.15) is 0 Å². The Hall–Kier alpha value is -0.940. The molecule has 1 heterocycles. The highest BCUT2D eigenvalue weighted by Crippen LogP contribution is 2.31. The average molecular weight is 297 g/mol. The van der Waals surface area contributed by atoms with Crippen LogP contribution in [-0.4, -0.2) is 24.0 Å². The molecule has 0 saturated carbocycles. The van der Waals surface area contributed by atoms with Crippen LogP contribution in [0.2, 0.25) is 0 Å². The summed E-state index contributed by atoms with van der Waals surface area (Å²) >= 11 is 1.63. The first-order chi connectivity index (χ1) is 9.43.